The molecule has 25 heavy (non-hydrogen) atoms. The third kappa shape index (κ3) is 5.14. The van der Waals surface area contributed by atoms with Crippen molar-refractivity contribution < 1.29 is 14.0 Å². The molecule has 0 aliphatic carbocycles. The van der Waals surface area contributed by atoms with Gasteiger partial charge in [0, 0.05) is 5.69 Å². The minimum absolute atomic E-state index is 0.0957. The predicted molar refractivity (Wildman–Crippen MR) is 97.0 cm³/mol. The fraction of sp³-hybridized carbons (Fsp3) is 0.300. The molecular weight excluding hydrogens is 319 g/mol. The van der Waals surface area contributed by atoms with Gasteiger partial charge in [0.15, 0.2) is 0 Å². The molecule has 0 bridgehead atoms. The predicted octanol–water partition coefficient (Wildman–Crippen LogP) is 3.55. The molecule has 0 aromatic heterocycles. The van der Waals surface area contributed by atoms with Crippen LogP contribution in [0.1, 0.15) is 36.5 Å². The number of nitrogens with one attached hydrogen (secondary N) is 2. The molecule has 0 aliphatic rings. The fourth-order valence-corrected chi connectivity index (χ4v) is 2.58. The van der Waals surface area contributed by atoms with Gasteiger partial charge in [-0.25, -0.2) is 4.39 Å². The van der Waals surface area contributed by atoms with Crippen LogP contribution < -0.4 is 10.6 Å². The Hall–Kier alpha value is -2.69. The smallest absolute Gasteiger partial charge is 0.243 e. The fourth-order valence-electron chi connectivity index (χ4n) is 2.58. The van der Waals surface area contributed by atoms with Crippen LogP contribution >= 0.6 is 0 Å². The number of amides is 2. The number of hydrogen-bond donors (Lipinski definition) is 2. The molecule has 0 saturated heterocycles. The zero-order valence-corrected chi connectivity index (χ0v) is 14.7. The SMILES string of the molecule is Cc1cccc(C(C)C)c1NC(=O)CNC(=O)Cc1ccccc1F. The number of anilines is 1. The first-order valence-corrected chi connectivity index (χ1v) is 8.28. The molecule has 0 atom stereocenters. The van der Waals surface area contributed by atoms with Crippen LogP contribution in [-0.4, -0.2) is 18.4 Å². The largest absolute Gasteiger partial charge is 0.347 e. The second-order valence-corrected chi connectivity index (χ2v) is 6.29. The Morgan fingerprint density at radius 2 is 1.76 bits per heavy atom. The van der Waals surface area contributed by atoms with E-state index in [0.717, 1.165) is 16.8 Å². The maximum Gasteiger partial charge on any atom is 0.243 e. The van der Waals surface area contributed by atoms with Gasteiger partial charge in [-0.05, 0) is 35.6 Å². The van der Waals surface area contributed by atoms with Crippen molar-refractivity contribution in [2.24, 2.45) is 0 Å². The average Bonchev–Trinajstić information content (AvgIpc) is 2.56. The summed E-state index contributed by atoms with van der Waals surface area (Å²) in [5.41, 5.74) is 3.11. The number of halogens is 1. The summed E-state index contributed by atoms with van der Waals surface area (Å²) < 4.78 is 13.5. The maximum absolute atomic E-state index is 13.5. The second-order valence-electron chi connectivity index (χ2n) is 6.29. The molecule has 5 heteroatoms. The van der Waals surface area contributed by atoms with E-state index >= 15 is 0 Å². The highest BCUT2D eigenvalue weighted by Crippen LogP contribution is 2.27. The van der Waals surface area contributed by atoms with Gasteiger partial charge in [-0.2, -0.15) is 0 Å². The third-order valence-electron chi connectivity index (χ3n) is 3.95. The minimum atomic E-state index is -0.427. The molecule has 2 amide bonds. The summed E-state index contributed by atoms with van der Waals surface area (Å²) >= 11 is 0. The Balaban J connectivity index is 1.93. The molecular formula is C20H23FN2O2. The molecule has 2 aromatic carbocycles. The first-order chi connectivity index (χ1) is 11.9. The molecule has 0 spiro atoms. The van der Waals surface area contributed by atoms with E-state index in [1.807, 2.05) is 25.1 Å². The molecule has 0 unspecified atom stereocenters. The van der Waals surface area contributed by atoms with E-state index in [-0.39, 0.29) is 24.8 Å². The molecule has 2 rings (SSSR count). The lowest BCUT2D eigenvalue weighted by Crippen LogP contribution is -2.34. The Bertz CT molecular complexity index is 772. The van der Waals surface area contributed by atoms with Gasteiger partial charge in [-0.15, -0.1) is 0 Å². The lowest BCUT2D eigenvalue weighted by Gasteiger charge is -2.16. The lowest BCUT2D eigenvalue weighted by molar-refractivity contribution is -0.123. The van der Waals surface area contributed by atoms with Crippen molar-refractivity contribution in [2.75, 3.05) is 11.9 Å². The first-order valence-electron chi connectivity index (χ1n) is 8.28. The Labute approximate surface area is 147 Å². The van der Waals surface area contributed by atoms with Gasteiger partial charge in [0.05, 0.1) is 13.0 Å². The molecule has 2 aromatic rings. The van der Waals surface area contributed by atoms with Crippen molar-refractivity contribution in [1.82, 2.24) is 5.32 Å². The number of rotatable bonds is 6. The van der Waals surface area contributed by atoms with E-state index in [2.05, 4.69) is 24.5 Å². The zero-order valence-electron chi connectivity index (χ0n) is 14.7. The van der Waals surface area contributed by atoms with E-state index in [0.29, 0.717) is 5.56 Å². The highest BCUT2D eigenvalue weighted by atomic mass is 19.1. The van der Waals surface area contributed by atoms with Gasteiger partial charge < -0.3 is 10.6 Å². The summed E-state index contributed by atoms with van der Waals surface area (Å²) in [5.74, 6) is -0.860. The normalized spacial score (nSPS) is 10.6. The number of carbonyl (C=O) groups is 2. The summed E-state index contributed by atoms with van der Waals surface area (Å²) in [6.45, 7) is 5.89. The van der Waals surface area contributed by atoms with Crippen LogP contribution in [0, 0.1) is 12.7 Å². The zero-order chi connectivity index (χ0) is 18.4. The molecule has 132 valence electrons. The second kappa shape index (κ2) is 8.42. The standard InChI is InChI=1S/C20H23FN2O2/c1-13(2)16-9-6-7-14(3)20(16)23-19(25)12-22-18(24)11-15-8-4-5-10-17(15)21/h4-10,13H,11-12H2,1-3H3,(H,22,24)(H,23,25). The van der Waals surface area contributed by atoms with E-state index in [1.54, 1.807) is 18.2 Å². The van der Waals surface area contributed by atoms with Crippen LogP contribution in [0.4, 0.5) is 10.1 Å². The Kier molecular flexibility index (Phi) is 6.28. The van der Waals surface area contributed by atoms with E-state index in [9.17, 15) is 14.0 Å². The van der Waals surface area contributed by atoms with Crippen LogP contribution in [0.5, 0.6) is 0 Å². The van der Waals surface area contributed by atoms with Crippen molar-refractivity contribution in [2.45, 2.75) is 33.1 Å². The third-order valence-corrected chi connectivity index (χ3v) is 3.95. The van der Waals surface area contributed by atoms with E-state index in [4.69, 9.17) is 0 Å². The van der Waals surface area contributed by atoms with Crippen LogP contribution in [0.2, 0.25) is 0 Å². The van der Waals surface area contributed by atoms with Gasteiger partial charge in [-0.3, -0.25) is 9.59 Å². The molecule has 0 radical (unpaired) electrons. The summed E-state index contributed by atoms with van der Waals surface area (Å²) in [6.07, 6.45) is -0.0957. The van der Waals surface area contributed by atoms with Crippen LogP contribution in [0.15, 0.2) is 42.5 Å². The number of para-hydroxylation sites is 1. The maximum atomic E-state index is 13.5. The molecule has 0 aliphatic heterocycles. The number of benzene rings is 2. The quantitative estimate of drug-likeness (QED) is 0.843. The summed E-state index contributed by atoms with van der Waals surface area (Å²) in [6, 6.07) is 12.0. The minimum Gasteiger partial charge on any atom is -0.347 e. The van der Waals surface area contributed by atoms with Gasteiger partial charge in [0.25, 0.3) is 0 Å². The van der Waals surface area contributed by atoms with Gasteiger partial charge >= 0.3 is 0 Å². The lowest BCUT2D eigenvalue weighted by atomic mass is 9.98. The highest BCUT2D eigenvalue weighted by Gasteiger charge is 2.13. The van der Waals surface area contributed by atoms with Gasteiger partial charge in [0.1, 0.15) is 5.82 Å². The van der Waals surface area contributed by atoms with Crippen molar-refractivity contribution in [3.8, 4) is 0 Å². The van der Waals surface area contributed by atoms with Crippen LogP contribution in [0.3, 0.4) is 0 Å². The summed E-state index contributed by atoms with van der Waals surface area (Å²) in [5, 5.41) is 5.39. The number of carbonyl (C=O) groups excluding carboxylic acids is 2. The topological polar surface area (TPSA) is 58.2 Å². The summed E-state index contributed by atoms with van der Waals surface area (Å²) in [4.78, 5) is 24.1. The molecule has 0 fully saturated rings. The van der Waals surface area contributed by atoms with Crippen molar-refractivity contribution >= 4 is 17.5 Å². The Morgan fingerprint density at radius 1 is 1.04 bits per heavy atom. The van der Waals surface area contributed by atoms with E-state index < -0.39 is 11.7 Å². The summed E-state index contributed by atoms with van der Waals surface area (Å²) in [7, 11) is 0. The van der Waals surface area contributed by atoms with E-state index in [1.165, 1.54) is 6.07 Å². The highest BCUT2D eigenvalue weighted by molar-refractivity contribution is 5.96. The number of hydrogen-bond acceptors (Lipinski definition) is 2. The number of aryl methyl sites for hydroxylation is 1. The van der Waals surface area contributed by atoms with Crippen LogP contribution in [0.25, 0.3) is 0 Å². The van der Waals surface area contributed by atoms with Gasteiger partial charge in [0.2, 0.25) is 11.8 Å². The first kappa shape index (κ1) is 18.6. The molecule has 4 nitrogen and oxygen atoms in total. The van der Waals surface area contributed by atoms with Crippen LogP contribution in [-0.2, 0) is 16.0 Å². The van der Waals surface area contributed by atoms with Crippen molar-refractivity contribution in [1.29, 1.82) is 0 Å². The Morgan fingerprint density at radius 3 is 2.44 bits per heavy atom. The van der Waals surface area contributed by atoms with Crippen molar-refractivity contribution in [3.05, 3.63) is 65.0 Å². The molecule has 2 N–H and O–H groups in total. The van der Waals surface area contributed by atoms with Gasteiger partial charge in [-0.1, -0.05) is 50.2 Å². The molecule has 0 heterocycles. The van der Waals surface area contributed by atoms with Crippen molar-refractivity contribution in [3.63, 3.8) is 0 Å². The molecule has 0 saturated carbocycles. The monoisotopic (exact) mass is 342 g/mol. The average molecular weight is 342 g/mol.